The van der Waals surface area contributed by atoms with Crippen LogP contribution >= 0.6 is 15.9 Å². The van der Waals surface area contributed by atoms with Gasteiger partial charge in [0.05, 0.1) is 4.83 Å². The van der Waals surface area contributed by atoms with Gasteiger partial charge in [-0.2, -0.15) is 13.2 Å². The minimum absolute atomic E-state index is 0.835. The lowest BCUT2D eigenvalue weighted by Gasteiger charge is -2.35. The van der Waals surface area contributed by atoms with Gasteiger partial charge in [-0.1, -0.05) is 28.1 Å². The van der Waals surface area contributed by atoms with E-state index in [0.717, 1.165) is 13.0 Å². The van der Waals surface area contributed by atoms with Crippen LogP contribution in [-0.4, -0.2) is 11.0 Å². The zero-order chi connectivity index (χ0) is 10.3. The Hall–Kier alpha value is -0.320. The smallest absolute Gasteiger partial charge is 0.211 e. The maximum atomic E-state index is 13.0. The van der Waals surface area contributed by atoms with Gasteiger partial charge in [0.25, 0.3) is 0 Å². The molecule has 0 nitrogen and oxygen atoms in total. The number of hydrogen-bond acceptors (Lipinski definition) is 0. The van der Waals surface area contributed by atoms with Gasteiger partial charge in [0.2, 0.25) is 0 Å². The lowest BCUT2D eigenvalue weighted by molar-refractivity contribution is -0.206. The van der Waals surface area contributed by atoms with E-state index in [9.17, 15) is 17.6 Å². The van der Waals surface area contributed by atoms with Gasteiger partial charge in [-0.15, -0.1) is 0 Å². The molecular formula is C8H7BrF4. The van der Waals surface area contributed by atoms with Crippen LogP contribution in [0.4, 0.5) is 17.6 Å². The van der Waals surface area contributed by atoms with Crippen LogP contribution in [0.3, 0.4) is 0 Å². The second kappa shape index (κ2) is 3.12. The van der Waals surface area contributed by atoms with E-state index in [-0.39, 0.29) is 0 Å². The highest BCUT2D eigenvalue weighted by Gasteiger charge is 2.58. The minimum Gasteiger partial charge on any atom is -0.211 e. The first-order chi connectivity index (χ1) is 5.80. The molecule has 1 rings (SSSR count). The molecule has 0 aromatic rings. The topological polar surface area (TPSA) is 0 Å². The number of hydrogen-bond donors (Lipinski definition) is 0. The van der Waals surface area contributed by atoms with Crippen molar-refractivity contribution in [3.05, 3.63) is 24.1 Å². The second-order valence-electron chi connectivity index (χ2n) is 3.00. The third kappa shape index (κ3) is 1.54. The maximum absolute atomic E-state index is 13.0. The van der Waals surface area contributed by atoms with Gasteiger partial charge in [0.1, 0.15) is 11.2 Å². The van der Waals surface area contributed by atoms with E-state index in [4.69, 9.17) is 0 Å². The van der Waals surface area contributed by atoms with Gasteiger partial charge < -0.3 is 0 Å². The lowest BCUT2D eigenvalue weighted by Crippen LogP contribution is -2.43. The molecule has 0 aromatic heterocycles. The molecule has 0 bridgehead atoms. The summed E-state index contributed by atoms with van der Waals surface area (Å²) in [7, 11) is 0. The normalized spacial score (nSPS) is 34.6. The molecule has 74 valence electrons. The first kappa shape index (κ1) is 10.8. The van der Waals surface area contributed by atoms with Gasteiger partial charge in [-0.3, -0.25) is 0 Å². The Balaban J connectivity index is 3.15. The van der Waals surface area contributed by atoms with E-state index >= 15 is 0 Å². The average molecular weight is 259 g/mol. The standard InChI is InChI=1S/C8H7BrF4/c1-7(8(11,12)13)5(9)3-2-4-6(7)10/h2-5H,1H3. The summed E-state index contributed by atoms with van der Waals surface area (Å²) in [5.41, 5.74) is -2.44. The average Bonchev–Trinajstić information content (AvgIpc) is 1.97. The molecule has 0 radical (unpaired) electrons. The lowest BCUT2D eigenvalue weighted by atomic mass is 9.81. The Morgan fingerprint density at radius 1 is 1.46 bits per heavy atom. The summed E-state index contributed by atoms with van der Waals surface area (Å²) in [6.45, 7) is 0.835. The highest BCUT2D eigenvalue weighted by Crippen LogP contribution is 2.51. The summed E-state index contributed by atoms with van der Waals surface area (Å²) in [6.07, 6.45) is -1.21. The molecule has 1 aliphatic rings. The fourth-order valence-electron chi connectivity index (χ4n) is 1.03. The molecule has 2 unspecified atom stereocenters. The first-order valence-electron chi connectivity index (χ1n) is 3.55. The number of allylic oxidation sites excluding steroid dienone is 4. The van der Waals surface area contributed by atoms with Crippen molar-refractivity contribution in [2.45, 2.75) is 17.9 Å². The Morgan fingerprint density at radius 3 is 2.31 bits per heavy atom. The van der Waals surface area contributed by atoms with Gasteiger partial charge in [0, 0.05) is 0 Å². The summed E-state index contributed by atoms with van der Waals surface area (Å²) >= 11 is 2.80. The third-order valence-corrected chi connectivity index (χ3v) is 3.38. The molecule has 0 fully saturated rings. The van der Waals surface area contributed by atoms with Crippen LogP contribution in [0.25, 0.3) is 0 Å². The number of rotatable bonds is 0. The summed E-state index contributed by atoms with van der Waals surface area (Å²) in [5, 5.41) is 0. The Labute approximate surface area is 81.4 Å². The second-order valence-corrected chi connectivity index (χ2v) is 3.99. The van der Waals surface area contributed by atoms with E-state index < -0.39 is 22.2 Å². The van der Waals surface area contributed by atoms with Crippen LogP contribution < -0.4 is 0 Å². The van der Waals surface area contributed by atoms with Gasteiger partial charge >= 0.3 is 6.18 Å². The van der Waals surface area contributed by atoms with E-state index in [1.807, 2.05) is 0 Å². The molecule has 2 atom stereocenters. The fourth-order valence-corrected chi connectivity index (χ4v) is 1.68. The Kier molecular flexibility index (Phi) is 2.58. The molecule has 13 heavy (non-hydrogen) atoms. The highest BCUT2D eigenvalue weighted by molar-refractivity contribution is 9.09. The van der Waals surface area contributed by atoms with Crippen LogP contribution in [0, 0.1) is 5.41 Å². The minimum atomic E-state index is -4.59. The van der Waals surface area contributed by atoms with Crippen LogP contribution in [0.2, 0.25) is 0 Å². The first-order valence-corrected chi connectivity index (χ1v) is 4.47. The Morgan fingerprint density at radius 2 is 2.00 bits per heavy atom. The molecular weight excluding hydrogens is 252 g/mol. The highest BCUT2D eigenvalue weighted by atomic mass is 79.9. The van der Waals surface area contributed by atoms with Crippen molar-refractivity contribution < 1.29 is 17.6 Å². The number of alkyl halides is 4. The third-order valence-electron chi connectivity index (χ3n) is 2.16. The van der Waals surface area contributed by atoms with Crippen molar-refractivity contribution >= 4 is 15.9 Å². The van der Waals surface area contributed by atoms with Crippen molar-refractivity contribution in [2.24, 2.45) is 5.41 Å². The summed E-state index contributed by atoms with van der Waals surface area (Å²) in [4.78, 5) is -1.05. The molecule has 0 aliphatic heterocycles. The number of halogens is 5. The van der Waals surface area contributed by atoms with Crippen LogP contribution in [0.1, 0.15) is 6.92 Å². The molecule has 1 aliphatic carbocycles. The Bertz CT molecular complexity index is 266. The molecule has 0 aromatic carbocycles. The summed E-state index contributed by atoms with van der Waals surface area (Å²) < 4.78 is 50.5. The summed E-state index contributed by atoms with van der Waals surface area (Å²) in [5.74, 6) is -1.16. The summed E-state index contributed by atoms with van der Waals surface area (Å²) in [6, 6.07) is 0. The van der Waals surface area contributed by atoms with Crippen molar-refractivity contribution in [1.29, 1.82) is 0 Å². The zero-order valence-corrected chi connectivity index (χ0v) is 8.29. The van der Waals surface area contributed by atoms with Crippen LogP contribution in [0.15, 0.2) is 24.1 Å². The van der Waals surface area contributed by atoms with Crippen LogP contribution in [0.5, 0.6) is 0 Å². The van der Waals surface area contributed by atoms with Crippen molar-refractivity contribution in [1.82, 2.24) is 0 Å². The SMILES string of the molecule is CC1(C(F)(F)F)C(F)=CC=CC1Br. The van der Waals surface area contributed by atoms with Crippen LogP contribution in [-0.2, 0) is 0 Å². The predicted octanol–water partition coefficient (Wildman–Crippen LogP) is 3.74. The molecule has 0 amide bonds. The van der Waals surface area contributed by atoms with Crippen molar-refractivity contribution in [3.8, 4) is 0 Å². The molecule has 0 heterocycles. The molecule has 0 saturated heterocycles. The van der Waals surface area contributed by atoms with Gasteiger partial charge in [-0.05, 0) is 13.0 Å². The van der Waals surface area contributed by atoms with E-state index in [1.165, 1.54) is 12.2 Å². The quantitative estimate of drug-likeness (QED) is 0.459. The van der Waals surface area contributed by atoms with E-state index in [0.29, 0.717) is 0 Å². The fraction of sp³-hybridized carbons (Fsp3) is 0.500. The predicted molar refractivity (Wildman–Crippen MR) is 45.2 cm³/mol. The van der Waals surface area contributed by atoms with Crippen molar-refractivity contribution in [2.75, 3.05) is 0 Å². The zero-order valence-electron chi connectivity index (χ0n) is 6.70. The molecule has 0 spiro atoms. The van der Waals surface area contributed by atoms with Crippen molar-refractivity contribution in [3.63, 3.8) is 0 Å². The van der Waals surface area contributed by atoms with E-state index in [1.54, 1.807) is 0 Å². The van der Waals surface area contributed by atoms with Gasteiger partial charge in [0.15, 0.2) is 0 Å². The molecule has 0 N–H and O–H groups in total. The molecule has 5 heteroatoms. The maximum Gasteiger partial charge on any atom is 0.401 e. The largest absolute Gasteiger partial charge is 0.401 e. The van der Waals surface area contributed by atoms with Gasteiger partial charge in [-0.25, -0.2) is 4.39 Å². The molecule has 0 saturated carbocycles. The van der Waals surface area contributed by atoms with E-state index in [2.05, 4.69) is 15.9 Å². The monoisotopic (exact) mass is 258 g/mol.